The topological polar surface area (TPSA) is 88.3 Å². The van der Waals surface area contributed by atoms with Gasteiger partial charge in [0, 0.05) is 25.8 Å². The highest BCUT2D eigenvalue weighted by molar-refractivity contribution is 9.10. The minimum Gasteiger partial charge on any atom is -0.374 e. The molecular formula is C11H19BrN6O. The van der Waals surface area contributed by atoms with Gasteiger partial charge in [-0.05, 0) is 22.5 Å². The van der Waals surface area contributed by atoms with Crippen molar-refractivity contribution in [3.8, 4) is 0 Å². The van der Waals surface area contributed by atoms with E-state index in [4.69, 9.17) is 10.6 Å². The quantitative estimate of drug-likeness (QED) is 0.539. The molecular weight excluding hydrogens is 312 g/mol. The lowest BCUT2D eigenvalue weighted by Crippen LogP contribution is -2.45. The fourth-order valence-electron chi connectivity index (χ4n) is 1.96. The number of nitrogen functional groups attached to an aromatic ring is 1. The van der Waals surface area contributed by atoms with E-state index in [1.54, 1.807) is 6.20 Å². The SMILES string of the molecule is CCN1CCOC(CNc2nc(NN)ncc2Br)C1. The molecule has 19 heavy (non-hydrogen) atoms. The second kappa shape index (κ2) is 6.99. The summed E-state index contributed by atoms with van der Waals surface area (Å²) in [5.41, 5.74) is 2.43. The summed E-state index contributed by atoms with van der Waals surface area (Å²) in [5, 5.41) is 3.26. The van der Waals surface area contributed by atoms with Crippen LogP contribution in [0.5, 0.6) is 0 Å². The average molecular weight is 331 g/mol. The number of hydrogen-bond acceptors (Lipinski definition) is 7. The van der Waals surface area contributed by atoms with Gasteiger partial charge < -0.3 is 10.1 Å². The first-order chi connectivity index (χ1) is 9.22. The van der Waals surface area contributed by atoms with Gasteiger partial charge in [-0.3, -0.25) is 10.3 Å². The Balaban J connectivity index is 1.91. The average Bonchev–Trinajstić information content (AvgIpc) is 2.46. The number of aromatic nitrogens is 2. The molecule has 1 saturated heterocycles. The molecule has 2 rings (SSSR count). The maximum absolute atomic E-state index is 5.72. The van der Waals surface area contributed by atoms with Gasteiger partial charge >= 0.3 is 0 Å². The molecule has 1 aromatic heterocycles. The second-order valence-electron chi connectivity index (χ2n) is 4.30. The van der Waals surface area contributed by atoms with Gasteiger partial charge in [-0.1, -0.05) is 6.92 Å². The van der Waals surface area contributed by atoms with Gasteiger partial charge in [-0.15, -0.1) is 0 Å². The molecule has 7 nitrogen and oxygen atoms in total. The van der Waals surface area contributed by atoms with Crippen LogP contribution in [0.2, 0.25) is 0 Å². The minimum atomic E-state index is 0.171. The molecule has 2 heterocycles. The number of nitrogens with one attached hydrogen (secondary N) is 2. The first-order valence-electron chi connectivity index (χ1n) is 6.30. The van der Waals surface area contributed by atoms with Gasteiger partial charge in [-0.2, -0.15) is 4.98 Å². The van der Waals surface area contributed by atoms with Gasteiger partial charge in [0.05, 0.1) is 17.2 Å². The van der Waals surface area contributed by atoms with E-state index in [-0.39, 0.29) is 6.10 Å². The Morgan fingerprint density at radius 1 is 1.63 bits per heavy atom. The number of nitrogens with two attached hydrogens (primary N) is 1. The molecule has 1 fully saturated rings. The summed E-state index contributed by atoms with van der Waals surface area (Å²) < 4.78 is 6.53. The van der Waals surface area contributed by atoms with Crippen LogP contribution in [0.1, 0.15) is 6.92 Å². The zero-order chi connectivity index (χ0) is 13.7. The van der Waals surface area contributed by atoms with Crippen molar-refractivity contribution in [2.24, 2.45) is 5.84 Å². The molecule has 1 aromatic rings. The van der Waals surface area contributed by atoms with E-state index in [2.05, 4.69) is 48.5 Å². The number of likely N-dealkylation sites (N-methyl/N-ethyl adjacent to an activating group) is 1. The largest absolute Gasteiger partial charge is 0.374 e. The van der Waals surface area contributed by atoms with Crippen LogP contribution in [-0.4, -0.2) is 53.8 Å². The molecule has 0 bridgehead atoms. The van der Waals surface area contributed by atoms with Gasteiger partial charge in [0.15, 0.2) is 0 Å². The monoisotopic (exact) mass is 330 g/mol. The molecule has 8 heteroatoms. The van der Waals surface area contributed by atoms with Crippen LogP contribution in [0.25, 0.3) is 0 Å². The first kappa shape index (κ1) is 14.4. The summed E-state index contributed by atoms with van der Waals surface area (Å²) in [6.45, 7) is 6.64. The fraction of sp³-hybridized carbons (Fsp3) is 0.636. The van der Waals surface area contributed by atoms with Crippen LogP contribution >= 0.6 is 15.9 Å². The summed E-state index contributed by atoms with van der Waals surface area (Å²) in [4.78, 5) is 10.6. The fourth-order valence-corrected chi connectivity index (χ4v) is 2.29. The van der Waals surface area contributed by atoms with Gasteiger partial charge in [0.25, 0.3) is 0 Å². The van der Waals surface area contributed by atoms with Gasteiger partial charge in [0.2, 0.25) is 5.95 Å². The summed E-state index contributed by atoms with van der Waals surface area (Å²) in [5.74, 6) is 6.38. The predicted molar refractivity (Wildman–Crippen MR) is 77.9 cm³/mol. The summed E-state index contributed by atoms with van der Waals surface area (Å²) >= 11 is 3.40. The van der Waals surface area contributed by atoms with E-state index in [0.717, 1.165) is 30.7 Å². The van der Waals surface area contributed by atoms with Crippen molar-refractivity contribution in [2.45, 2.75) is 13.0 Å². The molecule has 1 unspecified atom stereocenters. The van der Waals surface area contributed by atoms with Crippen molar-refractivity contribution in [1.29, 1.82) is 0 Å². The Kier molecular flexibility index (Phi) is 5.32. The van der Waals surface area contributed by atoms with Crippen LogP contribution in [0.4, 0.5) is 11.8 Å². The molecule has 1 aliphatic rings. The number of hydrogen-bond donors (Lipinski definition) is 3. The highest BCUT2D eigenvalue weighted by Crippen LogP contribution is 2.20. The normalized spacial score (nSPS) is 20.3. The van der Waals surface area contributed by atoms with Crippen molar-refractivity contribution in [3.05, 3.63) is 10.7 Å². The minimum absolute atomic E-state index is 0.171. The van der Waals surface area contributed by atoms with E-state index in [1.165, 1.54) is 0 Å². The Morgan fingerprint density at radius 2 is 2.47 bits per heavy atom. The molecule has 106 valence electrons. The lowest BCUT2D eigenvalue weighted by Gasteiger charge is -2.32. The maximum Gasteiger partial charge on any atom is 0.239 e. The molecule has 0 spiro atoms. The Labute approximate surface area is 121 Å². The van der Waals surface area contributed by atoms with Crippen LogP contribution in [0, 0.1) is 0 Å². The van der Waals surface area contributed by atoms with Gasteiger partial charge in [0.1, 0.15) is 5.82 Å². The number of morpholine rings is 1. The van der Waals surface area contributed by atoms with Crippen molar-refractivity contribution in [2.75, 3.05) is 43.5 Å². The maximum atomic E-state index is 5.72. The molecule has 0 amide bonds. The number of halogens is 1. The van der Waals surface area contributed by atoms with Crippen molar-refractivity contribution < 1.29 is 4.74 Å². The smallest absolute Gasteiger partial charge is 0.239 e. The first-order valence-corrected chi connectivity index (χ1v) is 7.09. The molecule has 1 aliphatic heterocycles. The van der Waals surface area contributed by atoms with Gasteiger partial charge in [-0.25, -0.2) is 10.8 Å². The van der Waals surface area contributed by atoms with Crippen LogP contribution < -0.4 is 16.6 Å². The molecule has 1 atom stereocenters. The molecule has 0 aliphatic carbocycles. The molecule has 0 saturated carbocycles. The molecule has 4 N–H and O–H groups in total. The molecule has 0 aromatic carbocycles. The third-order valence-electron chi connectivity index (χ3n) is 3.04. The summed E-state index contributed by atoms with van der Waals surface area (Å²) in [7, 11) is 0. The van der Waals surface area contributed by atoms with Crippen LogP contribution in [0.3, 0.4) is 0 Å². The van der Waals surface area contributed by atoms with E-state index < -0.39 is 0 Å². The predicted octanol–water partition coefficient (Wildman–Crippen LogP) is 0.657. The standard InChI is InChI=1S/C11H19BrN6O/c1-2-18-3-4-19-8(7-18)5-14-10-9(12)6-15-11(16-10)17-13/h6,8H,2-5,7,13H2,1H3,(H2,14,15,16,17). The Hall–Kier alpha value is -0.960. The van der Waals surface area contributed by atoms with Crippen molar-refractivity contribution >= 4 is 27.7 Å². The zero-order valence-electron chi connectivity index (χ0n) is 10.9. The number of anilines is 2. The highest BCUT2D eigenvalue weighted by atomic mass is 79.9. The third kappa shape index (κ3) is 4.00. The van der Waals surface area contributed by atoms with E-state index in [1.807, 2.05) is 0 Å². The second-order valence-corrected chi connectivity index (χ2v) is 5.16. The van der Waals surface area contributed by atoms with Crippen LogP contribution in [0.15, 0.2) is 10.7 Å². The van der Waals surface area contributed by atoms with E-state index >= 15 is 0 Å². The molecule has 0 radical (unpaired) electrons. The van der Waals surface area contributed by atoms with E-state index in [9.17, 15) is 0 Å². The van der Waals surface area contributed by atoms with Crippen molar-refractivity contribution in [1.82, 2.24) is 14.9 Å². The summed E-state index contributed by atoms with van der Waals surface area (Å²) in [6.07, 6.45) is 1.83. The number of nitrogens with zero attached hydrogens (tertiary/aromatic N) is 3. The third-order valence-corrected chi connectivity index (χ3v) is 3.62. The zero-order valence-corrected chi connectivity index (χ0v) is 12.5. The number of rotatable bonds is 5. The highest BCUT2D eigenvalue weighted by Gasteiger charge is 2.19. The number of ether oxygens (including phenoxy) is 1. The summed E-state index contributed by atoms with van der Waals surface area (Å²) in [6, 6.07) is 0. The Morgan fingerprint density at radius 3 is 3.21 bits per heavy atom. The van der Waals surface area contributed by atoms with Crippen LogP contribution in [-0.2, 0) is 4.74 Å². The number of hydrazine groups is 1. The Bertz CT molecular complexity index is 418. The van der Waals surface area contributed by atoms with E-state index in [0.29, 0.717) is 18.3 Å². The lowest BCUT2D eigenvalue weighted by atomic mass is 10.2. The van der Waals surface area contributed by atoms with Crippen molar-refractivity contribution in [3.63, 3.8) is 0 Å². The lowest BCUT2D eigenvalue weighted by molar-refractivity contribution is -0.0192.